The molecule has 0 bridgehead atoms. The fraction of sp³-hybridized carbons (Fsp3) is 0.294. The zero-order valence-electron chi connectivity index (χ0n) is 12.5. The molecule has 0 aliphatic heterocycles. The monoisotopic (exact) mass is 365 g/mol. The summed E-state index contributed by atoms with van der Waals surface area (Å²) < 4.78 is 6.32. The van der Waals surface area contributed by atoms with E-state index in [-0.39, 0.29) is 0 Å². The summed E-state index contributed by atoms with van der Waals surface area (Å²) in [5.41, 5.74) is 1.31. The van der Waals surface area contributed by atoms with E-state index in [9.17, 15) is 0 Å². The zero-order chi connectivity index (χ0) is 15.2. The molecular formula is C17H20BrNOS. The maximum atomic E-state index is 5.20. The summed E-state index contributed by atoms with van der Waals surface area (Å²) in [6, 6.07) is 15.0. The highest BCUT2D eigenvalue weighted by molar-refractivity contribution is 9.10. The molecule has 1 atom stereocenters. The molecule has 0 fully saturated rings. The highest BCUT2D eigenvalue weighted by Gasteiger charge is 2.11. The summed E-state index contributed by atoms with van der Waals surface area (Å²) in [6.07, 6.45) is 0. The third kappa shape index (κ3) is 4.50. The van der Waals surface area contributed by atoms with E-state index in [1.807, 2.05) is 12.1 Å². The summed E-state index contributed by atoms with van der Waals surface area (Å²) in [5, 5.41) is 3.48. The Bertz CT molecular complexity index is 586. The van der Waals surface area contributed by atoms with Crippen molar-refractivity contribution in [2.24, 2.45) is 0 Å². The summed E-state index contributed by atoms with van der Waals surface area (Å²) >= 11 is 5.35. The van der Waals surface area contributed by atoms with Gasteiger partial charge >= 0.3 is 0 Å². The summed E-state index contributed by atoms with van der Waals surface area (Å²) in [5.74, 6) is 0.886. The second-order valence-corrected chi connectivity index (χ2v) is 6.77. The van der Waals surface area contributed by atoms with E-state index < -0.39 is 0 Å². The minimum Gasteiger partial charge on any atom is -0.497 e. The molecule has 2 rings (SSSR count). The van der Waals surface area contributed by atoms with Gasteiger partial charge in [0.2, 0.25) is 0 Å². The van der Waals surface area contributed by atoms with Gasteiger partial charge in [0.1, 0.15) is 5.75 Å². The molecule has 0 aliphatic rings. The maximum absolute atomic E-state index is 5.20. The molecule has 0 aromatic heterocycles. The normalized spacial score (nSPS) is 12.2. The number of hydrogen-bond acceptors (Lipinski definition) is 3. The fourth-order valence-corrected chi connectivity index (χ4v) is 3.53. The minimum absolute atomic E-state index is 0.327. The second-order valence-electron chi connectivity index (χ2n) is 4.74. The molecule has 0 amide bonds. The van der Waals surface area contributed by atoms with E-state index in [2.05, 4.69) is 65.4 Å². The summed E-state index contributed by atoms with van der Waals surface area (Å²) in [7, 11) is 1.69. The molecule has 0 aliphatic carbocycles. The molecule has 112 valence electrons. The molecule has 2 aromatic rings. The number of methoxy groups -OCH3 is 1. The van der Waals surface area contributed by atoms with Gasteiger partial charge in [-0.1, -0.05) is 34.6 Å². The minimum atomic E-state index is 0.327. The van der Waals surface area contributed by atoms with Gasteiger partial charge in [-0.3, -0.25) is 0 Å². The SMILES string of the molecule is CCNC(C)c1cc(Br)ccc1Sc1ccc(OC)cc1. The van der Waals surface area contributed by atoms with Crippen molar-refractivity contribution in [1.82, 2.24) is 5.32 Å². The van der Waals surface area contributed by atoms with Gasteiger partial charge in [-0.05, 0) is 61.5 Å². The van der Waals surface area contributed by atoms with Crippen LogP contribution >= 0.6 is 27.7 Å². The lowest BCUT2D eigenvalue weighted by Gasteiger charge is -2.17. The van der Waals surface area contributed by atoms with Crippen LogP contribution < -0.4 is 10.1 Å². The Morgan fingerprint density at radius 3 is 2.52 bits per heavy atom. The molecule has 0 radical (unpaired) electrons. The van der Waals surface area contributed by atoms with Crippen molar-refractivity contribution >= 4 is 27.7 Å². The number of hydrogen-bond donors (Lipinski definition) is 1. The Hall–Kier alpha value is -0.970. The highest BCUT2D eigenvalue weighted by atomic mass is 79.9. The topological polar surface area (TPSA) is 21.3 Å². The quantitative estimate of drug-likeness (QED) is 0.752. The van der Waals surface area contributed by atoms with Crippen molar-refractivity contribution in [3.8, 4) is 5.75 Å². The largest absolute Gasteiger partial charge is 0.497 e. The van der Waals surface area contributed by atoms with Crippen LogP contribution in [0.4, 0.5) is 0 Å². The summed E-state index contributed by atoms with van der Waals surface area (Å²) in [6.45, 7) is 5.29. The smallest absolute Gasteiger partial charge is 0.118 e. The van der Waals surface area contributed by atoms with Crippen molar-refractivity contribution in [2.45, 2.75) is 29.7 Å². The lowest BCUT2D eigenvalue weighted by Crippen LogP contribution is -2.18. The molecule has 0 saturated carbocycles. The number of ether oxygens (including phenoxy) is 1. The van der Waals surface area contributed by atoms with Gasteiger partial charge in [0.15, 0.2) is 0 Å². The van der Waals surface area contributed by atoms with Crippen LogP contribution in [0, 0.1) is 0 Å². The Balaban J connectivity index is 2.25. The van der Waals surface area contributed by atoms with Gasteiger partial charge in [0, 0.05) is 20.3 Å². The van der Waals surface area contributed by atoms with Crippen LogP contribution in [0.3, 0.4) is 0 Å². The van der Waals surface area contributed by atoms with E-state index in [4.69, 9.17) is 4.74 Å². The van der Waals surface area contributed by atoms with Crippen LogP contribution in [-0.2, 0) is 0 Å². The predicted molar refractivity (Wildman–Crippen MR) is 93.4 cm³/mol. The van der Waals surface area contributed by atoms with Gasteiger partial charge in [-0.25, -0.2) is 0 Å². The Morgan fingerprint density at radius 1 is 1.19 bits per heavy atom. The molecule has 0 heterocycles. The van der Waals surface area contributed by atoms with Crippen LogP contribution in [0.2, 0.25) is 0 Å². The molecule has 2 nitrogen and oxygen atoms in total. The molecule has 4 heteroatoms. The first-order valence-electron chi connectivity index (χ1n) is 6.98. The van der Waals surface area contributed by atoms with Crippen molar-refractivity contribution in [2.75, 3.05) is 13.7 Å². The number of nitrogens with one attached hydrogen (secondary N) is 1. The van der Waals surface area contributed by atoms with E-state index in [0.29, 0.717) is 6.04 Å². The van der Waals surface area contributed by atoms with Gasteiger partial charge in [0.05, 0.1) is 7.11 Å². The molecule has 0 saturated heterocycles. The van der Waals surface area contributed by atoms with Gasteiger partial charge < -0.3 is 10.1 Å². The Kier molecular flexibility index (Phi) is 6.15. The van der Waals surface area contributed by atoms with E-state index in [0.717, 1.165) is 16.8 Å². The van der Waals surface area contributed by atoms with Crippen molar-refractivity contribution < 1.29 is 4.74 Å². The van der Waals surface area contributed by atoms with Crippen molar-refractivity contribution in [1.29, 1.82) is 0 Å². The van der Waals surface area contributed by atoms with Crippen LogP contribution in [0.1, 0.15) is 25.5 Å². The maximum Gasteiger partial charge on any atom is 0.118 e. The Labute approximate surface area is 139 Å². The summed E-state index contributed by atoms with van der Waals surface area (Å²) in [4.78, 5) is 2.49. The average molecular weight is 366 g/mol. The number of halogens is 1. The van der Waals surface area contributed by atoms with Gasteiger partial charge in [-0.2, -0.15) is 0 Å². The average Bonchev–Trinajstić information content (AvgIpc) is 2.50. The number of rotatable bonds is 6. The third-order valence-electron chi connectivity index (χ3n) is 3.24. The van der Waals surface area contributed by atoms with Crippen LogP contribution in [0.5, 0.6) is 5.75 Å². The first-order chi connectivity index (χ1) is 10.1. The second kappa shape index (κ2) is 7.87. The zero-order valence-corrected chi connectivity index (χ0v) is 14.9. The first-order valence-corrected chi connectivity index (χ1v) is 8.59. The molecule has 2 aromatic carbocycles. The van der Waals surface area contributed by atoms with Crippen molar-refractivity contribution in [3.05, 3.63) is 52.5 Å². The fourth-order valence-electron chi connectivity index (χ4n) is 2.14. The van der Waals surface area contributed by atoms with Crippen LogP contribution in [0.25, 0.3) is 0 Å². The van der Waals surface area contributed by atoms with Crippen molar-refractivity contribution in [3.63, 3.8) is 0 Å². The molecule has 1 unspecified atom stereocenters. The third-order valence-corrected chi connectivity index (χ3v) is 4.83. The lowest BCUT2D eigenvalue weighted by atomic mass is 10.1. The van der Waals surface area contributed by atoms with Gasteiger partial charge in [-0.15, -0.1) is 0 Å². The lowest BCUT2D eigenvalue weighted by molar-refractivity contribution is 0.414. The number of benzene rings is 2. The van der Waals surface area contributed by atoms with E-state index in [1.54, 1.807) is 18.9 Å². The van der Waals surface area contributed by atoms with Crippen LogP contribution in [0.15, 0.2) is 56.7 Å². The van der Waals surface area contributed by atoms with E-state index >= 15 is 0 Å². The first kappa shape index (κ1) is 16.4. The highest BCUT2D eigenvalue weighted by Crippen LogP contribution is 2.35. The van der Waals surface area contributed by atoms with Gasteiger partial charge in [0.25, 0.3) is 0 Å². The molecule has 21 heavy (non-hydrogen) atoms. The van der Waals surface area contributed by atoms with Crippen LogP contribution in [-0.4, -0.2) is 13.7 Å². The molecule has 1 N–H and O–H groups in total. The molecular weight excluding hydrogens is 346 g/mol. The Morgan fingerprint density at radius 2 is 1.90 bits per heavy atom. The predicted octanol–water partition coefficient (Wildman–Crippen LogP) is 5.28. The standard InChI is InChI=1S/C17H20BrNOS/c1-4-19-12(2)16-11-13(18)5-10-17(16)21-15-8-6-14(20-3)7-9-15/h5-12,19H,4H2,1-3H3. The molecule has 0 spiro atoms. The van der Waals surface area contributed by atoms with E-state index in [1.165, 1.54) is 15.4 Å².